The number of hydrogen-bond acceptors (Lipinski definition) is 2. The molecule has 0 radical (unpaired) electrons. The molecule has 2 aliphatic heterocycles. The van der Waals surface area contributed by atoms with Gasteiger partial charge < -0.3 is 10.2 Å². The maximum absolute atomic E-state index is 13.1. The van der Waals surface area contributed by atoms with E-state index in [0.29, 0.717) is 0 Å². The van der Waals surface area contributed by atoms with Gasteiger partial charge in [-0.25, -0.2) is 4.39 Å². The second-order valence-electron chi connectivity index (χ2n) is 4.00. The molecule has 1 aromatic rings. The summed E-state index contributed by atoms with van der Waals surface area (Å²) in [5.41, 5.74) is 1.54. The zero-order valence-corrected chi connectivity index (χ0v) is 8.16. The van der Waals surface area contributed by atoms with Crippen molar-refractivity contribution in [3.8, 4) is 0 Å². The summed E-state index contributed by atoms with van der Waals surface area (Å²) in [6, 6.07) is 4.39. The zero-order chi connectivity index (χ0) is 10.4. The molecule has 2 aliphatic rings. The molecule has 4 heteroatoms. The number of hydrogen-bond donors (Lipinski definition) is 1. The van der Waals surface area contributed by atoms with E-state index in [-0.39, 0.29) is 17.8 Å². The Morgan fingerprint density at radius 2 is 2.33 bits per heavy atom. The lowest BCUT2D eigenvalue weighted by Gasteiger charge is -2.32. The van der Waals surface area contributed by atoms with Crippen LogP contribution in [-0.2, 0) is 4.79 Å². The Balaban J connectivity index is 2.12. The van der Waals surface area contributed by atoms with Gasteiger partial charge in [-0.2, -0.15) is 0 Å². The van der Waals surface area contributed by atoms with E-state index in [1.165, 1.54) is 12.1 Å². The topological polar surface area (TPSA) is 32.3 Å². The number of anilines is 2. The number of halogens is 1. The number of benzene rings is 1. The van der Waals surface area contributed by atoms with Gasteiger partial charge in [0.05, 0.1) is 11.4 Å². The largest absolute Gasteiger partial charge is 0.358 e. The molecule has 0 spiro atoms. The lowest BCUT2D eigenvalue weighted by atomic mass is 10.1. The van der Waals surface area contributed by atoms with Crippen LogP contribution in [0.15, 0.2) is 18.2 Å². The summed E-state index contributed by atoms with van der Waals surface area (Å²) in [7, 11) is 0. The van der Waals surface area contributed by atoms with Crippen molar-refractivity contribution in [3.63, 3.8) is 0 Å². The molecule has 0 aromatic heterocycles. The van der Waals surface area contributed by atoms with Crippen molar-refractivity contribution in [2.24, 2.45) is 0 Å². The molecule has 1 saturated heterocycles. The normalized spacial score (nSPS) is 23.4. The molecule has 2 heterocycles. The number of nitrogens with zero attached hydrogens (tertiary/aromatic N) is 1. The number of rotatable bonds is 0. The number of carbonyl (C=O) groups is 1. The van der Waals surface area contributed by atoms with Gasteiger partial charge >= 0.3 is 0 Å². The van der Waals surface area contributed by atoms with Gasteiger partial charge in [0.2, 0.25) is 5.91 Å². The van der Waals surface area contributed by atoms with Crippen LogP contribution < -0.4 is 10.2 Å². The van der Waals surface area contributed by atoms with E-state index in [2.05, 4.69) is 5.32 Å². The Hall–Kier alpha value is -1.58. The molecule has 1 unspecified atom stereocenters. The van der Waals surface area contributed by atoms with E-state index < -0.39 is 0 Å². The van der Waals surface area contributed by atoms with Crippen LogP contribution in [0.5, 0.6) is 0 Å². The quantitative estimate of drug-likeness (QED) is 0.701. The highest BCUT2D eigenvalue weighted by Gasteiger charge is 2.36. The van der Waals surface area contributed by atoms with Gasteiger partial charge in [0.1, 0.15) is 11.9 Å². The summed E-state index contributed by atoms with van der Waals surface area (Å²) >= 11 is 0. The number of nitrogens with one attached hydrogen (secondary N) is 1. The number of carbonyl (C=O) groups excluding carboxylic acids is 1. The Morgan fingerprint density at radius 3 is 3.20 bits per heavy atom. The minimum Gasteiger partial charge on any atom is -0.358 e. The van der Waals surface area contributed by atoms with Crippen molar-refractivity contribution in [1.82, 2.24) is 0 Å². The Kier molecular flexibility index (Phi) is 1.71. The van der Waals surface area contributed by atoms with Crippen molar-refractivity contribution >= 4 is 17.3 Å². The van der Waals surface area contributed by atoms with Crippen LogP contribution in [-0.4, -0.2) is 18.5 Å². The van der Waals surface area contributed by atoms with Crippen LogP contribution in [0.25, 0.3) is 0 Å². The first-order valence-corrected chi connectivity index (χ1v) is 5.13. The molecular formula is C11H11FN2O. The van der Waals surface area contributed by atoms with E-state index in [4.69, 9.17) is 0 Å². The van der Waals surface area contributed by atoms with Crippen LogP contribution in [0.1, 0.15) is 12.8 Å². The van der Waals surface area contributed by atoms with Crippen LogP contribution in [0.3, 0.4) is 0 Å². The van der Waals surface area contributed by atoms with Crippen LogP contribution >= 0.6 is 0 Å². The number of amides is 1. The van der Waals surface area contributed by atoms with Gasteiger partial charge in [-0.1, -0.05) is 0 Å². The maximum atomic E-state index is 13.1. The van der Waals surface area contributed by atoms with Gasteiger partial charge in [-0.15, -0.1) is 0 Å². The first-order valence-electron chi connectivity index (χ1n) is 5.13. The van der Waals surface area contributed by atoms with E-state index >= 15 is 0 Å². The summed E-state index contributed by atoms with van der Waals surface area (Å²) in [5, 5.41) is 2.81. The van der Waals surface area contributed by atoms with Crippen LogP contribution in [0, 0.1) is 5.82 Å². The molecule has 1 fully saturated rings. The molecule has 1 N–H and O–H groups in total. The lowest BCUT2D eigenvalue weighted by Crippen LogP contribution is -2.43. The van der Waals surface area contributed by atoms with Crippen LogP contribution in [0.4, 0.5) is 15.8 Å². The Bertz CT molecular complexity index is 433. The highest BCUT2D eigenvalue weighted by atomic mass is 19.1. The standard InChI is InChI=1S/C11H11FN2O/c12-7-3-4-8-10(6-7)14-5-1-2-9(14)11(15)13-8/h3-4,6,9H,1-2,5H2,(H,13,15). The van der Waals surface area contributed by atoms with Crippen molar-refractivity contribution < 1.29 is 9.18 Å². The van der Waals surface area contributed by atoms with Gasteiger partial charge in [0, 0.05) is 6.54 Å². The monoisotopic (exact) mass is 206 g/mol. The molecule has 1 aromatic carbocycles. The first kappa shape index (κ1) is 8.71. The molecule has 3 rings (SSSR count). The summed E-state index contributed by atoms with van der Waals surface area (Å²) in [4.78, 5) is 13.7. The average molecular weight is 206 g/mol. The third kappa shape index (κ3) is 1.21. The predicted octanol–water partition coefficient (Wildman–Crippen LogP) is 1.75. The zero-order valence-electron chi connectivity index (χ0n) is 8.16. The second kappa shape index (κ2) is 2.95. The van der Waals surface area contributed by atoms with Crippen LogP contribution in [0.2, 0.25) is 0 Å². The fraction of sp³-hybridized carbons (Fsp3) is 0.364. The molecule has 0 saturated carbocycles. The van der Waals surface area contributed by atoms with E-state index in [9.17, 15) is 9.18 Å². The van der Waals surface area contributed by atoms with E-state index in [0.717, 1.165) is 30.8 Å². The first-order chi connectivity index (χ1) is 7.25. The van der Waals surface area contributed by atoms with Gasteiger partial charge in [-0.05, 0) is 31.0 Å². The van der Waals surface area contributed by atoms with Gasteiger partial charge in [0.25, 0.3) is 0 Å². The van der Waals surface area contributed by atoms with Crippen molar-refractivity contribution in [2.75, 3.05) is 16.8 Å². The van der Waals surface area contributed by atoms with E-state index in [1.54, 1.807) is 6.07 Å². The molecule has 3 nitrogen and oxygen atoms in total. The lowest BCUT2D eigenvalue weighted by molar-refractivity contribution is -0.117. The maximum Gasteiger partial charge on any atom is 0.247 e. The Morgan fingerprint density at radius 1 is 1.47 bits per heavy atom. The summed E-state index contributed by atoms with van der Waals surface area (Å²) in [6.45, 7) is 0.842. The Labute approximate surface area is 86.9 Å². The fourth-order valence-electron chi connectivity index (χ4n) is 2.39. The summed E-state index contributed by atoms with van der Waals surface area (Å²) in [5.74, 6) is -0.220. The summed E-state index contributed by atoms with van der Waals surface area (Å²) < 4.78 is 13.1. The molecular weight excluding hydrogens is 195 g/mol. The SMILES string of the molecule is O=C1Nc2ccc(F)cc2N2CCCC12. The van der Waals surface area contributed by atoms with E-state index in [1.807, 2.05) is 4.90 Å². The molecule has 1 amide bonds. The van der Waals surface area contributed by atoms with Gasteiger partial charge in [-0.3, -0.25) is 4.79 Å². The van der Waals surface area contributed by atoms with Crippen molar-refractivity contribution in [3.05, 3.63) is 24.0 Å². The second-order valence-corrected chi connectivity index (χ2v) is 4.00. The third-order valence-corrected chi connectivity index (χ3v) is 3.08. The highest BCUT2D eigenvalue weighted by molar-refractivity contribution is 6.03. The smallest absolute Gasteiger partial charge is 0.247 e. The minimum absolute atomic E-state index is 0.0339. The third-order valence-electron chi connectivity index (χ3n) is 3.08. The number of fused-ring (bicyclic) bond motifs is 3. The molecule has 15 heavy (non-hydrogen) atoms. The fourth-order valence-corrected chi connectivity index (χ4v) is 2.39. The summed E-state index contributed by atoms with van der Waals surface area (Å²) in [6.07, 6.45) is 1.86. The average Bonchev–Trinajstić information content (AvgIpc) is 2.69. The minimum atomic E-state index is -0.254. The van der Waals surface area contributed by atoms with Crippen molar-refractivity contribution in [2.45, 2.75) is 18.9 Å². The van der Waals surface area contributed by atoms with Gasteiger partial charge in [0.15, 0.2) is 0 Å². The molecule has 0 aliphatic carbocycles. The molecule has 0 bridgehead atoms. The molecule has 78 valence electrons. The predicted molar refractivity (Wildman–Crippen MR) is 55.4 cm³/mol. The highest BCUT2D eigenvalue weighted by Crippen LogP contribution is 2.36. The molecule has 1 atom stereocenters. The van der Waals surface area contributed by atoms with Crippen molar-refractivity contribution in [1.29, 1.82) is 0 Å².